The molecule has 2 aromatic heterocycles. The quantitative estimate of drug-likeness (QED) is 0.760. The Morgan fingerprint density at radius 2 is 2.00 bits per heavy atom. The van der Waals surface area contributed by atoms with Crippen LogP contribution in [0.3, 0.4) is 0 Å². The van der Waals surface area contributed by atoms with Crippen LogP contribution in [0, 0.1) is 13.8 Å². The molecule has 0 radical (unpaired) electrons. The van der Waals surface area contributed by atoms with Crippen molar-refractivity contribution in [2.24, 2.45) is 0 Å². The Morgan fingerprint density at radius 1 is 1.25 bits per heavy atom. The molecular formula is C18H19ClN4O. The van der Waals surface area contributed by atoms with Gasteiger partial charge in [-0.05, 0) is 51.5 Å². The minimum atomic E-state index is -0.204. The highest BCUT2D eigenvalue weighted by Crippen LogP contribution is 2.23. The molecule has 0 unspecified atom stereocenters. The first-order chi connectivity index (χ1) is 11.4. The van der Waals surface area contributed by atoms with Gasteiger partial charge in [0.05, 0.1) is 17.5 Å². The van der Waals surface area contributed by atoms with Gasteiger partial charge in [0.1, 0.15) is 0 Å². The number of hydrogen-bond acceptors (Lipinski definition) is 3. The van der Waals surface area contributed by atoms with Gasteiger partial charge in [-0.15, -0.1) is 0 Å². The van der Waals surface area contributed by atoms with Gasteiger partial charge in [-0.2, -0.15) is 5.10 Å². The lowest BCUT2D eigenvalue weighted by molar-refractivity contribution is 0.102. The molecule has 0 fully saturated rings. The number of nitrogens with zero attached hydrogens (tertiary/aromatic N) is 3. The van der Waals surface area contributed by atoms with Crippen LogP contribution < -0.4 is 5.32 Å². The molecule has 2 heterocycles. The van der Waals surface area contributed by atoms with Gasteiger partial charge in [0.15, 0.2) is 5.65 Å². The number of carbonyl (C=O) groups is 1. The van der Waals surface area contributed by atoms with E-state index >= 15 is 0 Å². The number of amides is 1. The second-order valence-electron chi connectivity index (χ2n) is 6.13. The summed E-state index contributed by atoms with van der Waals surface area (Å²) >= 11 is 6.01. The molecule has 1 N–H and O–H groups in total. The molecule has 3 aromatic rings. The lowest BCUT2D eigenvalue weighted by Gasteiger charge is -2.11. The lowest BCUT2D eigenvalue weighted by Crippen LogP contribution is -2.15. The minimum Gasteiger partial charge on any atom is -0.322 e. The molecule has 0 saturated heterocycles. The molecule has 0 aliphatic carbocycles. The number of aryl methyl sites for hydroxylation is 2. The van der Waals surface area contributed by atoms with Crippen molar-refractivity contribution in [1.29, 1.82) is 0 Å². The minimum absolute atomic E-state index is 0.204. The maximum Gasteiger partial charge on any atom is 0.257 e. The Bertz CT molecular complexity index is 930. The van der Waals surface area contributed by atoms with E-state index in [2.05, 4.69) is 15.4 Å². The van der Waals surface area contributed by atoms with Gasteiger partial charge in [-0.25, -0.2) is 9.67 Å². The summed E-state index contributed by atoms with van der Waals surface area (Å²) in [4.78, 5) is 17.2. The van der Waals surface area contributed by atoms with Gasteiger partial charge < -0.3 is 5.32 Å². The van der Waals surface area contributed by atoms with Crippen LogP contribution in [0.5, 0.6) is 0 Å². The zero-order valence-corrected chi connectivity index (χ0v) is 14.8. The number of aromatic nitrogens is 3. The number of hydrogen-bond donors (Lipinski definition) is 1. The fourth-order valence-corrected chi connectivity index (χ4v) is 2.76. The summed E-state index contributed by atoms with van der Waals surface area (Å²) in [6, 6.07) is 7.46. The lowest BCUT2D eigenvalue weighted by atomic mass is 10.1. The van der Waals surface area contributed by atoms with Crippen molar-refractivity contribution in [3.05, 3.63) is 52.3 Å². The molecule has 0 atom stereocenters. The number of nitrogens with one attached hydrogen (secondary N) is 1. The number of benzene rings is 1. The third-order valence-electron chi connectivity index (χ3n) is 3.94. The average molecular weight is 343 g/mol. The van der Waals surface area contributed by atoms with E-state index in [4.69, 9.17) is 11.6 Å². The van der Waals surface area contributed by atoms with Crippen molar-refractivity contribution in [3.63, 3.8) is 0 Å². The van der Waals surface area contributed by atoms with E-state index in [0.717, 1.165) is 16.6 Å². The van der Waals surface area contributed by atoms with E-state index in [9.17, 15) is 4.79 Å². The number of anilines is 1. The summed E-state index contributed by atoms with van der Waals surface area (Å²) in [5.74, 6) is -0.204. The van der Waals surface area contributed by atoms with Crippen molar-refractivity contribution < 1.29 is 4.79 Å². The molecule has 1 amide bonds. The van der Waals surface area contributed by atoms with E-state index < -0.39 is 0 Å². The van der Waals surface area contributed by atoms with Crippen LogP contribution in [0.4, 0.5) is 5.69 Å². The number of carbonyl (C=O) groups excluding carboxylic acids is 1. The Labute approximate surface area is 145 Å². The maximum absolute atomic E-state index is 12.7. The van der Waals surface area contributed by atoms with Crippen molar-refractivity contribution in [1.82, 2.24) is 14.8 Å². The molecule has 0 bridgehead atoms. The maximum atomic E-state index is 12.7. The molecule has 124 valence electrons. The van der Waals surface area contributed by atoms with Crippen molar-refractivity contribution in [2.75, 3.05) is 5.32 Å². The third kappa shape index (κ3) is 2.99. The molecule has 24 heavy (non-hydrogen) atoms. The number of rotatable bonds is 3. The second kappa shape index (κ2) is 6.24. The van der Waals surface area contributed by atoms with E-state index in [1.165, 1.54) is 0 Å². The van der Waals surface area contributed by atoms with E-state index in [-0.39, 0.29) is 11.9 Å². The van der Waals surface area contributed by atoms with Gasteiger partial charge in [-0.3, -0.25) is 4.79 Å². The molecular weight excluding hydrogens is 324 g/mol. The molecule has 6 heteroatoms. The van der Waals surface area contributed by atoms with Crippen LogP contribution in [0.1, 0.15) is 41.5 Å². The highest BCUT2D eigenvalue weighted by atomic mass is 35.5. The Balaban J connectivity index is 1.98. The normalized spacial score (nSPS) is 11.2. The van der Waals surface area contributed by atoms with Crippen molar-refractivity contribution >= 4 is 34.2 Å². The van der Waals surface area contributed by atoms with E-state index in [1.54, 1.807) is 18.3 Å². The number of fused-ring (bicyclic) bond motifs is 1. The number of pyridine rings is 1. The fourth-order valence-electron chi connectivity index (χ4n) is 2.59. The molecule has 5 nitrogen and oxygen atoms in total. The monoisotopic (exact) mass is 342 g/mol. The van der Waals surface area contributed by atoms with Crippen LogP contribution in [-0.2, 0) is 0 Å². The van der Waals surface area contributed by atoms with Gasteiger partial charge in [0.25, 0.3) is 5.91 Å². The summed E-state index contributed by atoms with van der Waals surface area (Å²) in [5.41, 5.74) is 3.64. The Morgan fingerprint density at radius 3 is 2.71 bits per heavy atom. The van der Waals surface area contributed by atoms with E-state index in [0.29, 0.717) is 22.0 Å². The Kier molecular flexibility index (Phi) is 4.28. The molecule has 0 aliphatic rings. The van der Waals surface area contributed by atoms with Crippen LogP contribution in [-0.4, -0.2) is 20.7 Å². The first kappa shape index (κ1) is 16.5. The highest BCUT2D eigenvalue weighted by molar-refractivity contribution is 6.31. The van der Waals surface area contributed by atoms with Gasteiger partial charge in [0, 0.05) is 22.1 Å². The van der Waals surface area contributed by atoms with Crippen LogP contribution >= 0.6 is 11.6 Å². The summed E-state index contributed by atoms with van der Waals surface area (Å²) < 4.78 is 1.85. The molecule has 1 aromatic carbocycles. The summed E-state index contributed by atoms with van der Waals surface area (Å²) in [7, 11) is 0. The average Bonchev–Trinajstić information content (AvgIpc) is 2.92. The van der Waals surface area contributed by atoms with E-state index in [1.807, 2.05) is 44.5 Å². The molecule has 0 spiro atoms. The predicted octanol–water partition coefficient (Wildman–Crippen LogP) is 4.53. The topological polar surface area (TPSA) is 59.8 Å². The molecule has 3 rings (SSSR count). The summed E-state index contributed by atoms with van der Waals surface area (Å²) in [5, 5.41) is 8.70. The van der Waals surface area contributed by atoms with Crippen LogP contribution in [0.15, 0.2) is 30.5 Å². The highest BCUT2D eigenvalue weighted by Gasteiger charge is 2.16. The fraction of sp³-hybridized carbons (Fsp3) is 0.278. The standard InChI is InChI=1S/C18H19ClN4O/c1-10(2)23-17-13(9-20-23)7-15(12(4)21-17)18(24)22-16-8-14(19)6-5-11(16)3/h5-10H,1-4H3,(H,22,24). The summed E-state index contributed by atoms with van der Waals surface area (Å²) in [6.45, 7) is 7.85. The van der Waals surface area contributed by atoms with Crippen LogP contribution in [0.25, 0.3) is 11.0 Å². The first-order valence-corrected chi connectivity index (χ1v) is 8.17. The van der Waals surface area contributed by atoms with Crippen molar-refractivity contribution in [2.45, 2.75) is 33.7 Å². The largest absolute Gasteiger partial charge is 0.322 e. The third-order valence-corrected chi connectivity index (χ3v) is 4.18. The SMILES string of the molecule is Cc1ccc(Cl)cc1NC(=O)c1cc2cnn(C(C)C)c2nc1C. The Hall–Kier alpha value is -2.40. The zero-order chi connectivity index (χ0) is 17.4. The van der Waals surface area contributed by atoms with Gasteiger partial charge in [-0.1, -0.05) is 17.7 Å². The molecule has 0 saturated carbocycles. The van der Waals surface area contributed by atoms with Gasteiger partial charge in [0.2, 0.25) is 0 Å². The predicted molar refractivity (Wildman–Crippen MR) is 96.8 cm³/mol. The number of halogens is 1. The van der Waals surface area contributed by atoms with Crippen molar-refractivity contribution in [3.8, 4) is 0 Å². The zero-order valence-electron chi connectivity index (χ0n) is 14.1. The van der Waals surface area contributed by atoms with Gasteiger partial charge >= 0.3 is 0 Å². The first-order valence-electron chi connectivity index (χ1n) is 7.79. The second-order valence-corrected chi connectivity index (χ2v) is 6.57. The smallest absolute Gasteiger partial charge is 0.257 e. The summed E-state index contributed by atoms with van der Waals surface area (Å²) in [6.07, 6.45) is 1.74. The van der Waals surface area contributed by atoms with Crippen LogP contribution in [0.2, 0.25) is 5.02 Å². The molecule has 0 aliphatic heterocycles.